The minimum atomic E-state index is -0.479. The number of ether oxygens (including phenoxy) is 1. The van der Waals surface area contributed by atoms with E-state index in [9.17, 15) is 14.9 Å². The summed E-state index contributed by atoms with van der Waals surface area (Å²) in [5.74, 6) is 0.374. The molecular weight excluding hydrogens is 248 g/mol. The first-order valence-corrected chi connectivity index (χ1v) is 6.26. The number of benzene rings is 1. The fourth-order valence-corrected chi connectivity index (χ4v) is 2.15. The van der Waals surface area contributed by atoms with Crippen molar-refractivity contribution in [2.24, 2.45) is 5.92 Å². The van der Waals surface area contributed by atoms with Crippen LogP contribution in [0.15, 0.2) is 18.2 Å². The van der Waals surface area contributed by atoms with E-state index < -0.39 is 4.92 Å². The van der Waals surface area contributed by atoms with Crippen molar-refractivity contribution < 1.29 is 14.5 Å². The summed E-state index contributed by atoms with van der Waals surface area (Å²) in [7, 11) is 0. The molecule has 6 heteroatoms. The lowest BCUT2D eigenvalue weighted by Gasteiger charge is -2.22. The Kier molecular flexibility index (Phi) is 4.46. The third kappa shape index (κ3) is 3.51. The molecule has 0 radical (unpaired) electrons. The van der Waals surface area contributed by atoms with E-state index in [4.69, 9.17) is 4.74 Å². The number of anilines is 1. The number of nitrogens with zero attached hydrogens (tertiary/aromatic N) is 1. The maximum Gasteiger partial charge on any atom is 0.293 e. The van der Waals surface area contributed by atoms with Gasteiger partial charge in [-0.05, 0) is 30.9 Å². The van der Waals surface area contributed by atoms with Gasteiger partial charge in [0.05, 0.1) is 11.5 Å². The van der Waals surface area contributed by atoms with Crippen molar-refractivity contribution in [2.75, 3.05) is 25.1 Å². The molecular formula is C13H16N2O4. The second kappa shape index (κ2) is 6.29. The highest BCUT2D eigenvalue weighted by Crippen LogP contribution is 2.26. The zero-order valence-electron chi connectivity index (χ0n) is 10.5. The van der Waals surface area contributed by atoms with Crippen LogP contribution in [-0.4, -0.2) is 31.0 Å². The van der Waals surface area contributed by atoms with Gasteiger partial charge in [-0.2, -0.15) is 0 Å². The molecule has 2 rings (SSSR count). The lowest BCUT2D eigenvalue weighted by molar-refractivity contribution is -0.384. The molecule has 1 atom stereocenters. The van der Waals surface area contributed by atoms with Crippen LogP contribution in [-0.2, 0) is 4.74 Å². The van der Waals surface area contributed by atoms with Crippen molar-refractivity contribution in [3.8, 4) is 0 Å². The van der Waals surface area contributed by atoms with Gasteiger partial charge in [-0.3, -0.25) is 14.9 Å². The maximum absolute atomic E-state index is 11.0. The van der Waals surface area contributed by atoms with Gasteiger partial charge in [0.1, 0.15) is 12.0 Å². The highest BCUT2D eigenvalue weighted by molar-refractivity contribution is 5.79. The first-order valence-electron chi connectivity index (χ1n) is 6.26. The number of carbonyl (C=O) groups is 1. The Bertz CT molecular complexity index is 470. The number of nitrogens with one attached hydrogen (secondary N) is 1. The molecule has 1 unspecified atom stereocenters. The van der Waals surface area contributed by atoms with Gasteiger partial charge in [0.15, 0.2) is 0 Å². The Morgan fingerprint density at radius 3 is 3.00 bits per heavy atom. The smallest absolute Gasteiger partial charge is 0.293 e. The Labute approximate surface area is 110 Å². The standard InChI is InChI=1S/C13H16N2O4/c16-8-10-3-4-12(13(6-10)15(17)18)14-7-11-2-1-5-19-9-11/h3-4,6,8,11,14H,1-2,5,7,9H2. The van der Waals surface area contributed by atoms with Gasteiger partial charge in [0.2, 0.25) is 0 Å². The largest absolute Gasteiger partial charge is 0.381 e. The van der Waals surface area contributed by atoms with Crippen LogP contribution in [0, 0.1) is 16.0 Å². The fourth-order valence-electron chi connectivity index (χ4n) is 2.15. The predicted molar refractivity (Wildman–Crippen MR) is 70.5 cm³/mol. The summed E-state index contributed by atoms with van der Waals surface area (Å²) in [6.07, 6.45) is 2.69. The normalized spacial score (nSPS) is 18.8. The first-order chi connectivity index (χ1) is 9.20. The average Bonchev–Trinajstić information content (AvgIpc) is 2.46. The monoisotopic (exact) mass is 264 g/mol. The molecule has 1 saturated heterocycles. The van der Waals surface area contributed by atoms with Crippen LogP contribution in [0.5, 0.6) is 0 Å². The van der Waals surface area contributed by atoms with Crippen molar-refractivity contribution in [2.45, 2.75) is 12.8 Å². The molecule has 1 aliphatic rings. The Hall–Kier alpha value is -1.95. The molecule has 1 aromatic rings. The fraction of sp³-hybridized carbons (Fsp3) is 0.462. The molecule has 0 amide bonds. The molecule has 1 heterocycles. The molecule has 102 valence electrons. The van der Waals surface area contributed by atoms with E-state index in [-0.39, 0.29) is 5.69 Å². The average molecular weight is 264 g/mol. The third-order valence-corrected chi connectivity index (χ3v) is 3.19. The van der Waals surface area contributed by atoms with Gasteiger partial charge in [0, 0.05) is 24.8 Å². The Morgan fingerprint density at radius 2 is 2.37 bits per heavy atom. The van der Waals surface area contributed by atoms with Crippen LogP contribution in [0.25, 0.3) is 0 Å². The SMILES string of the molecule is O=Cc1ccc(NCC2CCCOC2)c([N+](=O)[O-])c1. The summed E-state index contributed by atoms with van der Waals surface area (Å²) in [5, 5.41) is 14.0. The Balaban J connectivity index is 2.06. The number of carbonyl (C=O) groups excluding carboxylic acids is 1. The quantitative estimate of drug-likeness (QED) is 0.501. The molecule has 6 nitrogen and oxygen atoms in total. The zero-order chi connectivity index (χ0) is 13.7. The lowest BCUT2D eigenvalue weighted by atomic mass is 10.0. The van der Waals surface area contributed by atoms with E-state index in [1.165, 1.54) is 6.07 Å². The molecule has 1 N–H and O–H groups in total. The second-order valence-electron chi connectivity index (χ2n) is 4.62. The molecule has 0 aliphatic carbocycles. The van der Waals surface area contributed by atoms with Crippen molar-refractivity contribution in [1.82, 2.24) is 0 Å². The maximum atomic E-state index is 11.0. The van der Waals surface area contributed by atoms with Crippen LogP contribution < -0.4 is 5.32 Å². The lowest BCUT2D eigenvalue weighted by Crippen LogP contribution is -2.24. The molecule has 1 aliphatic heterocycles. The van der Waals surface area contributed by atoms with Crippen molar-refractivity contribution >= 4 is 17.7 Å². The summed E-state index contributed by atoms with van der Waals surface area (Å²) in [5.41, 5.74) is 0.681. The van der Waals surface area contributed by atoms with Gasteiger partial charge in [-0.25, -0.2) is 0 Å². The van der Waals surface area contributed by atoms with E-state index >= 15 is 0 Å². The van der Waals surface area contributed by atoms with Gasteiger partial charge in [-0.1, -0.05) is 0 Å². The number of hydrogen-bond donors (Lipinski definition) is 1. The summed E-state index contributed by atoms with van der Waals surface area (Å²) in [6.45, 7) is 2.12. The third-order valence-electron chi connectivity index (χ3n) is 3.19. The zero-order valence-corrected chi connectivity index (χ0v) is 10.5. The number of rotatable bonds is 5. The molecule has 0 saturated carbocycles. The molecule has 1 fully saturated rings. The van der Waals surface area contributed by atoms with Gasteiger partial charge in [0.25, 0.3) is 5.69 Å². The number of hydrogen-bond acceptors (Lipinski definition) is 5. The van der Waals surface area contributed by atoms with Crippen LogP contribution >= 0.6 is 0 Å². The highest BCUT2D eigenvalue weighted by atomic mass is 16.6. The van der Waals surface area contributed by atoms with E-state index in [2.05, 4.69) is 5.32 Å². The van der Waals surface area contributed by atoms with Crippen LogP contribution in [0.1, 0.15) is 23.2 Å². The van der Waals surface area contributed by atoms with Crippen molar-refractivity contribution in [3.63, 3.8) is 0 Å². The molecule has 1 aromatic carbocycles. The van der Waals surface area contributed by atoms with E-state index in [0.717, 1.165) is 19.4 Å². The van der Waals surface area contributed by atoms with Crippen molar-refractivity contribution in [3.05, 3.63) is 33.9 Å². The van der Waals surface area contributed by atoms with E-state index in [0.29, 0.717) is 36.6 Å². The highest BCUT2D eigenvalue weighted by Gasteiger charge is 2.17. The van der Waals surface area contributed by atoms with Gasteiger partial charge in [-0.15, -0.1) is 0 Å². The van der Waals surface area contributed by atoms with Crippen LogP contribution in [0.4, 0.5) is 11.4 Å². The predicted octanol–water partition coefficient (Wildman–Crippen LogP) is 2.25. The van der Waals surface area contributed by atoms with E-state index in [1.807, 2.05) is 0 Å². The minimum Gasteiger partial charge on any atom is -0.381 e. The first kappa shape index (κ1) is 13.5. The van der Waals surface area contributed by atoms with Gasteiger partial charge >= 0.3 is 0 Å². The minimum absolute atomic E-state index is 0.0682. The van der Waals surface area contributed by atoms with Crippen LogP contribution in [0.2, 0.25) is 0 Å². The van der Waals surface area contributed by atoms with Gasteiger partial charge < -0.3 is 10.1 Å². The molecule has 0 spiro atoms. The van der Waals surface area contributed by atoms with E-state index in [1.54, 1.807) is 12.1 Å². The summed E-state index contributed by atoms with van der Waals surface area (Å²) >= 11 is 0. The topological polar surface area (TPSA) is 81.5 Å². The number of nitro benzene ring substituents is 1. The molecule has 0 aromatic heterocycles. The molecule has 19 heavy (non-hydrogen) atoms. The summed E-state index contributed by atoms with van der Waals surface area (Å²) < 4.78 is 5.36. The number of nitro groups is 1. The summed E-state index contributed by atoms with van der Waals surface area (Å²) in [4.78, 5) is 21.1. The summed E-state index contributed by atoms with van der Waals surface area (Å²) in [6, 6.07) is 4.43. The Morgan fingerprint density at radius 1 is 1.53 bits per heavy atom. The molecule has 0 bridgehead atoms. The number of aldehydes is 1. The van der Waals surface area contributed by atoms with Crippen LogP contribution in [0.3, 0.4) is 0 Å². The second-order valence-corrected chi connectivity index (χ2v) is 4.62. The van der Waals surface area contributed by atoms with Crippen molar-refractivity contribution in [1.29, 1.82) is 0 Å².